The molecular formula is C14H13N5O3. The van der Waals surface area contributed by atoms with Crippen LogP contribution in [-0.4, -0.2) is 36.7 Å². The van der Waals surface area contributed by atoms with Crippen LogP contribution in [0.15, 0.2) is 41.7 Å². The first-order valence-electron chi connectivity index (χ1n) is 6.71. The van der Waals surface area contributed by atoms with Gasteiger partial charge in [-0.3, -0.25) is 9.78 Å². The molecule has 112 valence electrons. The molecule has 0 saturated carbocycles. The van der Waals surface area contributed by atoms with Crippen molar-refractivity contribution < 1.29 is 9.53 Å². The Kier molecular flexibility index (Phi) is 3.65. The standard InChI is InChI=1S/C14H13N5O3/c1-2-22-13(21)11-8-18(7-10-5-3-4-6-15-10)14-16-9-17-19(14)12(11)20/h3-6,8-9H,2,7H2,1H3. The summed E-state index contributed by atoms with van der Waals surface area (Å²) in [5, 5.41) is 3.87. The predicted octanol–water partition coefficient (Wildman–Crippen LogP) is 0.511. The summed E-state index contributed by atoms with van der Waals surface area (Å²) in [7, 11) is 0. The van der Waals surface area contributed by atoms with E-state index >= 15 is 0 Å². The Bertz CT molecular complexity index is 869. The summed E-state index contributed by atoms with van der Waals surface area (Å²) < 4.78 is 7.63. The summed E-state index contributed by atoms with van der Waals surface area (Å²) in [6.45, 7) is 2.22. The van der Waals surface area contributed by atoms with Crippen molar-refractivity contribution in [2.24, 2.45) is 0 Å². The van der Waals surface area contributed by atoms with Crippen LogP contribution < -0.4 is 5.56 Å². The Balaban J connectivity index is 2.13. The molecule has 3 rings (SSSR count). The maximum absolute atomic E-state index is 12.2. The summed E-state index contributed by atoms with van der Waals surface area (Å²) in [4.78, 5) is 32.4. The molecule has 0 unspecified atom stereocenters. The monoisotopic (exact) mass is 299 g/mol. The number of hydrogen-bond acceptors (Lipinski definition) is 6. The van der Waals surface area contributed by atoms with E-state index in [4.69, 9.17) is 4.74 Å². The number of ether oxygens (including phenoxy) is 1. The lowest BCUT2D eigenvalue weighted by molar-refractivity contribution is 0.0523. The highest BCUT2D eigenvalue weighted by Gasteiger charge is 2.18. The lowest BCUT2D eigenvalue weighted by atomic mass is 10.3. The molecule has 0 radical (unpaired) electrons. The molecule has 0 bridgehead atoms. The van der Waals surface area contributed by atoms with Crippen LogP contribution in [0.2, 0.25) is 0 Å². The summed E-state index contributed by atoms with van der Waals surface area (Å²) >= 11 is 0. The fourth-order valence-electron chi connectivity index (χ4n) is 2.09. The van der Waals surface area contributed by atoms with Crippen molar-refractivity contribution in [1.82, 2.24) is 24.1 Å². The zero-order valence-electron chi connectivity index (χ0n) is 11.8. The third kappa shape index (κ3) is 2.46. The van der Waals surface area contributed by atoms with Crippen molar-refractivity contribution in [3.05, 3.63) is 58.5 Å². The van der Waals surface area contributed by atoms with Gasteiger partial charge in [-0.1, -0.05) is 6.07 Å². The average Bonchev–Trinajstić information content (AvgIpc) is 3.01. The highest BCUT2D eigenvalue weighted by Crippen LogP contribution is 2.05. The second-order valence-electron chi connectivity index (χ2n) is 4.49. The number of pyridine rings is 1. The molecular weight excluding hydrogens is 286 g/mol. The van der Waals surface area contributed by atoms with Crippen LogP contribution in [0.1, 0.15) is 23.0 Å². The minimum absolute atomic E-state index is 0.0872. The molecule has 0 aliphatic rings. The van der Waals surface area contributed by atoms with E-state index in [0.29, 0.717) is 12.3 Å². The van der Waals surface area contributed by atoms with E-state index in [-0.39, 0.29) is 12.2 Å². The molecule has 22 heavy (non-hydrogen) atoms. The fraction of sp³-hybridized carbons (Fsp3) is 0.214. The first kappa shape index (κ1) is 13.9. The van der Waals surface area contributed by atoms with Crippen molar-refractivity contribution in [3.8, 4) is 0 Å². The second kappa shape index (κ2) is 5.76. The summed E-state index contributed by atoms with van der Waals surface area (Å²) in [5.74, 6) is -0.344. The van der Waals surface area contributed by atoms with E-state index in [1.54, 1.807) is 17.7 Å². The molecule has 8 nitrogen and oxygen atoms in total. The smallest absolute Gasteiger partial charge is 0.345 e. The Morgan fingerprint density at radius 2 is 2.18 bits per heavy atom. The van der Waals surface area contributed by atoms with Gasteiger partial charge in [0.1, 0.15) is 11.9 Å². The van der Waals surface area contributed by atoms with Crippen LogP contribution in [0.25, 0.3) is 5.78 Å². The normalized spacial score (nSPS) is 10.8. The van der Waals surface area contributed by atoms with E-state index in [2.05, 4.69) is 15.1 Å². The molecule has 0 aromatic carbocycles. The minimum Gasteiger partial charge on any atom is -0.462 e. The topological polar surface area (TPSA) is 91.4 Å². The van der Waals surface area contributed by atoms with Gasteiger partial charge in [-0.05, 0) is 19.1 Å². The molecule has 3 aromatic rings. The fourth-order valence-corrected chi connectivity index (χ4v) is 2.09. The molecule has 0 aliphatic heterocycles. The number of hydrogen-bond donors (Lipinski definition) is 0. The van der Waals surface area contributed by atoms with E-state index in [1.165, 1.54) is 12.5 Å². The van der Waals surface area contributed by atoms with Gasteiger partial charge in [0.2, 0.25) is 5.78 Å². The zero-order valence-corrected chi connectivity index (χ0v) is 11.8. The summed E-state index contributed by atoms with van der Waals surface area (Å²) in [6.07, 6.45) is 4.37. The minimum atomic E-state index is -0.681. The van der Waals surface area contributed by atoms with Gasteiger partial charge in [0.25, 0.3) is 5.56 Å². The van der Waals surface area contributed by atoms with E-state index < -0.39 is 11.5 Å². The van der Waals surface area contributed by atoms with Gasteiger partial charge in [0, 0.05) is 12.4 Å². The van der Waals surface area contributed by atoms with Gasteiger partial charge >= 0.3 is 5.97 Å². The van der Waals surface area contributed by atoms with Crippen LogP contribution in [0, 0.1) is 0 Å². The third-order valence-electron chi connectivity index (χ3n) is 3.05. The van der Waals surface area contributed by atoms with E-state index in [1.807, 2.05) is 18.2 Å². The first-order valence-corrected chi connectivity index (χ1v) is 6.71. The largest absolute Gasteiger partial charge is 0.462 e. The molecule has 0 atom stereocenters. The Morgan fingerprint density at radius 3 is 2.91 bits per heavy atom. The van der Waals surface area contributed by atoms with Crippen molar-refractivity contribution in [2.75, 3.05) is 6.61 Å². The van der Waals surface area contributed by atoms with Crippen LogP contribution in [0.3, 0.4) is 0 Å². The van der Waals surface area contributed by atoms with Gasteiger partial charge in [-0.2, -0.15) is 14.6 Å². The molecule has 0 N–H and O–H groups in total. The number of nitrogens with zero attached hydrogens (tertiary/aromatic N) is 5. The quantitative estimate of drug-likeness (QED) is 0.652. The second-order valence-corrected chi connectivity index (χ2v) is 4.49. The van der Waals surface area contributed by atoms with Gasteiger partial charge < -0.3 is 9.30 Å². The molecule has 0 aliphatic carbocycles. The SMILES string of the molecule is CCOC(=O)c1cn(Cc2ccccn2)c2ncnn2c1=O. The molecule has 0 spiro atoms. The number of carbonyl (C=O) groups excluding carboxylic acids is 1. The molecule has 0 saturated heterocycles. The zero-order chi connectivity index (χ0) is 15.5. The Labute approximate surface area is 125 Å². The van der Waals surface area contributed by atoms with Crippen molar-refractivity contribution in [2.45, 2.75) is 13.5 Å². The number of rotatable bonds is 4. The third-order valence-corrected chi connectivity index (χ3v) is 3.05. The van der Waals surface area contributed by atoms with Gasteiger partial charge in [0.05, 0.1) is 18.8 Å². The van der Waals surface area contributed by atoms with E-state index in [9.17, 15) is 9.59 Å². The maximum atomic E-state index is 12.2. The highest BCUT2D eigenvalue weighted by atomic mass is 16.5. The molecule has 3 heterocycles. The van der Waals surface area contributed by atoms with Crippen LogP contribution in [0.5, 0.6) is 0 Å². The average molecular weight is 299 g/mol. The lowest BCUT2D eigenvalue weighted by Gasteiger charge is -2.09. The summed E-state index contributed by atoms with van der Waals surface area (Å²) in [5.41, 5.74) is 0.129. The molecule has 0 amide bonds. The molecule has 3 aromatic heterocycles. The van der Waals surface area contributed by atoms with Crippen molar-refractivity contribution in [3.63, 3.8) is 0 Å². The number of aromatic nitrogens is 5. The Morgan fingerprint density at radius 1 is 1.32 bits per heavy atom. The van der Waals surface area contributed by atoms with Crippen LogP contribution >= 0.6 is 0 Å². The van der Waals surface area contributed by atoms with Crippen LogP contribution in [-0.2, 0) is 11.3 Å². The Hall–Kier alpha value is -3.03. The molecule has 0 fully saturated rings. The predicted molar refractivity (Wildman–Crippen MR) is 76.5 cm³/mol. The summed E-state index contributed by atoms with van der Waals surface area (Å²) in [6, 6.07) is 5.51. The van der Waals surface area contributed by atoms with Gasteiger partial charge in [-0.15, -0.1) is 0 Å². The van der Waals surface area contributed by atoms with Crippen molar-refractivity contribution in [1.29, 1.82) is 0 Å². The van der Waals surface area contributed by atoms with E-state index in [0.717, 1.165) is 10.2 Å². The first-order chi connectivity index (χ1) is 10.7. The number of fused-ring (bicyclic) bond motifs is 1. The maximum Gasteiger partial charge on any atom is 0.345 e. The van der Waals surface area contributed by atoms with Crippen molar-refractivity contribution >= 4 is 11.7 Å². The number of carbonyl (C=O) groups is 1. The molecule has 8 heteroatoms. The van der Waals surface area contributed by atoms with Crippen LogP contribution in [0.4, 0.5) is 0 Å². The lowest BCUT2D eigenvalue weighted by Crippen LogP contribution is -2.27. The van der Waals surface area contributed by atoms with Gasteiger partial charge in [0.15, 0.2) is 0 Å². The number of esters is 1. The van der Waals surface area contributed by atoms with Gasteiger partial charge in [-0.25, -0.2) is 4.79 Å². The highest BCUT2D eigenvalue weighted by molar-refractivity contribution is 5.88.